The van der Waals surface area contributed by atoms with Crippen molar-refractivity contribution >= 4 is 25.2 Å². The Balaban J connectivity index is 0. The number of halogens is 1. The minimum Gasteiger partial charge on any atom is -0.306 e. The lowest BCUT2D eigenvalue weighted by Gasteiger charge is -1.59. The van der Waals surface area contributed by atoms with Gasteiger partial charge in [-0.25, -0.2) is 0 Å². The van der Waals surface area contributed by atoms with Crippen LogP contribution in [0.2, 0.25) is 0 Å². The van der Waals surface area contributed by atoms with Gasteiger partial charge in [0.15, 0.2) is 0 Å². The molecular formula is H4ClNOS. The van der Waals surface area contributed by atoms with E-state index < -0.39 is 0 Å². The molecule has 0 heterocycles. The van der Waals surface area contributed by atoms with Crippen LogP contribution in [0.15, 0.2) is 0 Å². The molecule has 0 bridgehead atoms. The Kier molecular flexibility index (Phi) is 21.1. The summed E-state index contributed by atoms with van der Waals surface area (Å²) < 4.78 is 0. The Hall–Kier alpha value is 0.560. The second kappa shape index (κ2) is 9.59. The predicted octanol–water partition coefficient (Wildman–Crippen LogP) is 0.232. The largest absolute Gasteiger partial charge is 0.306 e. The van der Waals surface area contributed by atoms with Crippen molar-refractivity contribution in [3.05, 3.63) is 0 Å². The topological polar surface area (TPSA) is 32.3 Å². The van der Waals surface area contributed by atoms with Gasteiger partial charge in [-0.1, -0.05) is 12.8 Å². The third-order valence-electron chi connectivity index (χ3n) is 0. The van der Waals surface area contributed by atoms with Gasteiger partial charge in [0, 0.05) is 0 Å². The van der Waals surface area contributed by atoms with Gasteiger partial charge >= 0.3 is 0 Å². The maximum absolute atomic E-state index is 7.18. The molecule has 0 spiro atoms. The van der Waals surface area contributed by atoms with E-state index in [9.17, 15) is 0 Å². The molecule has 4 heavy (non-hydrogen) atoms. The van der Waals surface area contributed by atoms with Crippen LogP contribution in [0.25, 0.3) is 0 Å². The highest BCUT2D eigenvalue weighted by Crippen LogP contribution is 1.34. The average molecular weight is 102 g/mol. The normalized spacial score (nSPS) is 4.50. The smallest absolute Gasteiger partial charge is 0.0722 e. The summed E-state index contributed by atoms with van der Waals surface area (Å²) in [6, 6.07) is 0. The Morgan fingerprint density at radius 3 is 1.75 bits per heavy atom. The van der Waals surface area contributed by atoms with E-state index in [1.165, 1.54) is 4.89 Å². The van der Waals surface area contributed by atoms with E-state index in [1.807, 2.05) is 0 Å². The van der Waals surface area contributed by atoms with Crippen molar-refractivity contribution in [2.24, 2.45) is 0 Å². The maximum Gasteiger partial charge on any atom is -0.0722 e. The number of thiol groups is 1. The van der Waals surface area contributed by atoms with Crippen molar-refractivity contribution in [1.82, 2.24) is 4.89 Å². The highest BCUT2D eigenvalue weighted by molar-refractivity contribution is 7.77. The van der Waals surface area contributed by atoms with Crippen molar-refractivity contribution in [2.75, 3.05) is 0 Å². The van der Waals surface area contributed by atoms with Crippen LogP contribution in [0.3, 0.4) is 0 Å². The highest BCUT2D eigenvalue weighted by atomic mass is 35.5. The molecular weight excluding hydrogens is 97.5 g/mol. The zero-order valence-electron chi connectivity index (χ0n) is 1.80. The molecule has 0 amide bonds. The summed E-state index contributed by atoms with van der Waals surface area (Å²) in [6.45, 7) is 0. The van der Waals surface area contributed by atoms with Gasteiger partial charge in [-0.15, -0.1) is 12.4 Å². The molecule has 0 atom stereocenters. The minimum atomic E-state index is 0. The first-order valence-electron chi connectivity index (χ1n) is 0.447. The Bertz CT molecular complexity index is 8.00. The third kappa shape index (κ3) is 19.9. The molecule has 0 aromatic rings. The minimum absolute atomic E-state index is 0. The standard InChI is InChI=1S/ClH.H3NOS/c;2-1-3/h1H;1-3H. The molecule has 0 rings (SSSR count). The number of hydrogen-bond donors (Lipinski definition) is 3. The molecule has 0 aromatic carbocycles. The van der Waals surface area contributed by atoms with Crippen LogP contribution < -0.4 is 4.89 Å². The van der Waals surface area contributed by atoms with E-state index in [0.29, 0.717) is 0 Å². The molecule has 0 radical (unpaired) electrons. The monoisotopic (exact) mass is 101 g/mol. The SMILES string of the molecule is Cl.ONS. The lowest BCUT2D eigenvalue weighted by Crippen LogP contribution is -1.79. The fourth-order valence-corrected chi connectivity index (χ4v) is 0. The Morgan fingerprint density at radius 1 is 1.75 bits per heavy atom. The highest BCUT2D eigenvalue weighted by Gasteiger charge is 1.25. The van der Waals surface area contributed by atoms with Crippen molar-refractivity contribution in [3.63, 3.8) is 0 Å². The molecule has 0 aromatic heterocycles. The molecule has 0 unspecified atom stereocenters. The summed E-state index contributed by atoms with van der Waals surface area (Å²) >= 11 is 3.09. The van der Waals surface area contributed by atoms with Gasteiger partial charge in [0.1, 0.15) is 0 Å². The van der Waals surface area contributed by atoms with E-state index in [4.69, 9.17) is 5.21 Å². The van der Waals surface area contributed by atoms with E-state index in [0.717, 1.165) is 0 Å². The van der Waals surface area contributed by atoms with E-state index in [1.54, 1.807) is 0 Å². The molecule has 0 fully saturated rings. The zero-order valence-corrected chi connectivity index (χ0v) is 3.51. The lowest BCUT2D eigenvalue weighted by atomic mass is 13.5. The van der Waals surface area contributed by atoms with Gasteiger partial charge in [-0.05, 0) is 0 Å². The Labute approximate surface area is 36.1 Å². The molecule has 0 aliphatic carbocycles. The molecule has 2 N–H and O–H groups in total. The summed E-state index contributed by atoms with van der Waals surface area (Å²) in [4.78, 5) is 1.44. The molecule has 28 valence electrons. The summed E-state index contributed by atoms with van der Waals surface area (Å²) in [6.07, 6.45) is 0. The van der Waals surface area contributed by atoms with Crippen LogP contribution in [0.5, 0.6) is 0 Å². The second-order valence-electron chi connectivity index (χ2n) is 0.100. The van der Waals surface area contributed by atoms with Crippen LogP contribution in [-0.4, -0.2) is 5.21 Å². The first-order valence-corrected chi connectivity index (χ1v) is 0.894. The Morgan fingerprint density at radius 2 is 1.75 bits per heavy atom. The van der Waals surface area contributed by atoms with Crippen LogP contribution >= 0.6 is 25.2 Å². The maximum atomic E-state index is 7.18. The molecule has 2 nitrogen and oxygen atoms in total. The molecule has 0 saturated heterocycles. The lowest BCUT2D eigenvalue weighted by molar-refractivity contribution is 0.261. The van der Waals surface area contributed by atoms with Crippen molar-refractivity contribution in [2.45, 2.75) is 0 Å². The summed E-state index contributed by atoms with van der Waals surface area (Å²) in [5, 5.41) is 7.18. The first-order chi connectivity index (χ1) is 1.41. The molecule has 0 saturated carbocycles. The first kappa shape index (κ1) is 8.82. The fraction of sp³-hybridized carbons (Fsp3) is 0. The van der Waals surface area contributed by atoms with Gasteiger partial charge in [0.25, 0.3) is 0 Å². The van der Waals surface area contributed by atoms with Gasteiger partial charge < -0.3 is 5.21 Å². The van der Waals surface area contributed by atoms with Gasteiger partial charge in [-0.3, -0.25) is 0 Å². The molecule has 4 heteroatoms. The summed E-state index contributed by atoms with van der Waals surface area (Å²) in [7, 11) is 0. The van der Waals surface area contributed by atoms with E-state index in [2.05, 4.69) is 12.8 Å². The number of nitrogens with one attached hydrogen (secondary N) is 1. The zero-order chi connectivity index (χ0) is 2.71. The second-order valence-corrected chi connectivity index (χ2v) is 0.300. The van der Waals surface area contributed by atoms with Crippen molar-refractivity contribution in [1.29, 1.82) is 0 Å². The van der Waals surface area contributed by atoms with Crippen LogP contribution in [0.1, 0.15) is 0 Å². The van der Waals surface area contributed by atoms with Crippen LogP contribution in [0.4, 0.5) is 0 Å². The number of rotatable bonds is 0. The predicted molar refractivity (Wildman–Crippen MR) is 21.2 cm³/mol. The van der Waals surface area contributed by atoms with Crippen molar-refractivity contribution < 1.29 is 5.21 Å². The summed E-state index contributed by atoms with van der Waals surface area (Å²) in [5.74, 6) is 0. The van der Waals surface area contributed by atoms with Crippen LogP contribution in [-0.2, 0) is 0 Å². The quantitative estimate of drug-likeness (QED) is 0.302. The van der Waals surface area contributed by atoms with Crippen molar-refractivity contribution in [3.8, 4) is 0 Å². The summed E-state index contributed by atoms with van der Waals surface area (Å²) in [5.41, 5.74) is 0. The average Bonchev–Trinajstić information content (AvgIpc) is 0.918. The van der Waals surface area contributed by atoms with Gasteiger partial charge in [0.05, 0.1) is 0 Å². The van der Waals surface area contributed by atoms with Crippen LogP contribution in [0, 0.1) is 0 Å². The van der Waals surface area contributed by atoms with E-state index >= 15 is 0 Å². The number of hydrogen-bond acceptors (Lipinski definition) is 3. The van der Waals surface area contributed by atoms with E-state index in [-0.39, 0.29) is 12.4 Å². The van der Waals surface area contributed by atoms with Gasteiger partial charge in [0.2, 0.25) is 0 Å². The molecule has 0 aliphatic rings. The third-order valence-corrected chi connectivity index (χ3v) is 0. The van der Waals surface area contributed by atoms with Gasteiger partial charge in [-0.2, -0.15) is 4.89 Å². The molecule has 0 aliphatic heterocycles. The fourth-order valence-electron chi connectivity index (χ4n) is 0.